The molecule has 3 rings (SSSR count). The van der Waals surface area contributed by atoms with Crippen molar-refractivity contribution in [2.45, 2.75) is 19.6 Å². The molecular formula is C19H15F3N4O4. The summed E-state index contributed by atoms with van der Waals surface area (Å²) in [6, 6.07) is 11.4. The van der Waals surface area contributed by atoms with Gasteiger partial charge in [0, 0.05) is 18.3 Å². The molecule has 0 aliphatic heterocycles. The van der Waals surface area contributed by atoms with Gasteiger partial charge in [0.05, 0.1) is 16.7 Å². The highest BCUT2D eigenvalue weighted by molar-refractivity contribution is 5.91. The Labute approximate surface area is 168 Å². The molecule has 0 saturated heterocycles. The van der Waals surface area contributed by atoms with E-state index in [4.69, 9.17) is 4.74 Å². The van der Waals surface area contributed by atoms with E-state index in [1.165, 1.54) is 12.1 Å². The fraction of sp³-hybridized carbons (Fsp3) is 0.158. The number of ether oxygens (including phenoxy) is 1. The van der Waals surface area contributed by atoms with E-state index >= 15 is 0 Å². The number of non-ortho nitro benzene ring substituents is 1. The lowest BCUT2D eigenvalue weighted by Gasteiger charge is -2.10. The average Bonchev–Trinajstić information content (AvgIpc) is 3.10. The molecule has 0 aliphatic rings. The Bertz CT molecular complexity index is 1100. The number of nitrogens with one attached hydrogen (secondary N) is 1. The highest BCUT2D eigenvalue weighted by Gasteiger charge is 2.33. The van der Waals surface area contributed by atoms with Gasteiger partial charge in [-0.3, -0.25) is 19.6 Å². The smallest absolute Gasteiger partial charge is 0.435 e. The molecular weight excluding hydrogens is 405 g/mol. The number of aryl methyl sites for hydroxylation is 1. The summed E-state index contributed by atoms with van der Waals surface area (Å²) in [5, 5.41) is 16.9. The Morgan fingerprint density at radius 1 is 1.20 bits per heavy atom. The van der Waals surface area contributed by atoms with Crippen LogP contribution in [0, 0.1) is 17.0 Å². The third-order valence-electron chi connectivity index (χ3n) is 3.85. The number of halogens is 3. The van der Waals surface area contributed by atoms with Crippen LogP contribution in [0.2, 0.25) is 0 Å². The maximum atomic E-state index is 12.6. The first kappa shape index (κ1) is 20.8. The van der Waals surface area contributed by atoms with Crippen LogP contribution < -0.4 is 10.1 Å². The number of nitro groups is 1. The molecule has 1 N–H and O–H groups in total. The van der Waals surface area contributed by atoms with Crippen molar-refractivity contribution in [3.05, 3.63) is 76.1 Å². The van der Waals surface area contributed by atoms with Crippen LogP contribution in [0.25, 0.3) is 0 Å². The van der Waals surface area contributed by atoms with E-state index < -0.39 is 29.2 Å². The van der Waals surface area contributed by atoms with Gasteiger partial charge >= 0.3 is 6.18 Å². The van der Waals surface area contributed by atoms with Crippen LogP contribution in [0.4, 0.5) is 24.5 Å². The molecule has 8 nitrogen and oxygen atoms in total. The Balaban J connectivity index is 1.77. The second-order valence-corrected chi connectivity index (χ2v) is 6.34. The summed E-state index contributed by atoms with van der Waals surface area (Å²) < 4.78 is 44.3. The van der Waals surface area contributed by atoms with Crippen molar-refractivity contribution in [2.75, 3.05) is 5.32 Å². The van der Waals surface area contributed by atoms with E-state index in [1.807, 2.05) is 13.0 Å². The fourth-order valence-electron chi connectivity index (χ4n) is 2.58. The number of rotatable bonds is 6. The number of alkyl halides is 3. The minimum absolute atomic E-state index is 0.0556. The van der Waals surface area contributed by atoms with E-state index in [2.05, 4.69) is 10.4 Å². The Hall–Kier alpha value is -3.89. The van der Waals surface area contributed by atoms with Crippen LogP contribution in [0.15, 0.2) is 54.7 Å². The predicted octanol–water partition coefficient (Wildman–Crippen LogP) is 4.55. The minimum atomic E-state index is -4.62. The van der Waals surface area contributed by atoms with Gasteiger partial charge in [0.25, 0.3) is 5.69 Å². The Morgan fingerprint density at radius 3 is 2.60 bits per heavy atom. The topological polar surface area (TPSA) is 99.3 Å². The van der Waals surface area contributed by atoms with E-state index in [0.29, 0.717) is 5.75 Å². The van der Waals surface area contributed by atoms with Gasteiger partial charge in [-0.15, -0.1) is 0 Å². The van der Waals surface area contributed by atoms with Crippen molar-refractivity contribution in [2.24, 2.45) is 0 Å². The van der Waals surface area contributed by atoms with Gasteiger partial charge in [-0.05, 0) is 30.7 Å². The van der Waals surface area contributed by atoms with Crippen molar-refractivity contribution in [3.63, 3.8) is 0 Å². The maximum Gasteiger partial charge on any atom is 0.435 e. The number of carbonyl (C=O) groups excluding carboxylic acids is 1. The maximum absolute atomic E-state index is 12.6. The molecule has 0 aliphatic carbocycles. The van der Waals surface area contributed by atoms with Gasteiger partial charge in [0.2, 0.25) is 5.91 Å². The largest absolute Gasteiger partial charge is 0.457 e. The second-order valence-electron chi connectivity index (χ2n) is 6.34. The first-order valence-corrected chi connectivity index (χ1v) is 8.55. The summed E-state index contributed by atoms with van der Waals surface area (Å²) in [6.07, 6.45) is -3.61. The van der Waals surface area contributed by atoms with Gasteiger partial charge in [-0.1, -0.05) is 12.1 Å². The zero-order valence-corrected chi connectivity index (χ0v) is 15.5. The standard InChI is InChI=1S/C19H15F3N4O4/c1-12-3-2-4-15(7-12)30-16-9-13(8-14(10-16)26(28)29)23-18(27)11-25-6-5-17(24-25)19(20,21)22/h2-10H,11H2,1H3,(H,23,27). The van der Waals surface area contributed by atoms with Crippen LogP contribution in [-0.2, 0) is 17.5 Å². The first-order valence-electron chi connectivity index (χ1n) is 8.55. The summed E-state index contributed by atoms with van der Waals surface area (Å²) >= 11 is 0. The predicted molar refractivity (Wildman–Crippen MR) is 100 cm³/mol. The first-order chi connectivity index (χ1) is 14.1. The minimum Gasteiger partial charge on any atom is -0.457 e. The van der Waals surface area contributed by atoms with E-state index in [-0.39, 0.29) is 17.1 Å². The van der Waals surface area contributed by atoms with Gasteiger partial charge in [0.15, 0.2) is 5.69 Å². The number of anilines is 1. The van der Waals surface area contributed by atoms with Gasteiger partial charge in [-0.25, -0.2) is 0 Å². The van der Waals surface area contributed by atoms with Crippen molar-refractivity contribution in [1.82, 2.24) is 9.78 Å². The van der Waals surface area contributed by atoms with E-state index in [9.17, 15) is 28.1 Å². The van der Waals surface area contributed by atoms with Gasteiger partial charge < -0.3 is 10.1 Å². The fourth-order valence-corrected chi connectivity index (χ4v) is 2.58. The Kier molecular flexibility index (Phi) is 5.72. The molecule has 11 heteroatoms. The summed E-state index contributed by atoms with van der Waals surface area (Å²) in [6.45, 7) is 1.35. The molecule has 3 aromatic rings. The molecule has 0 radical (unpaired) electrons. The second kappa shape index (κ2) is 8.23. The normalized spacial score (nSPS) is 11.2. The monoisotopic (exact) mass is 420 g/mol. The zero-order valence-electron chi connectivity index (χ0n) is 15.5. The molecule has 0 spiro atoms. The highest BCUT2D eigenvalue weighted by atomic mass is 19.4. The molecule has 1 heterocycles. The number of amides is 1. The van der Waals surface area contributed by atoms with Crippen LogP contribution >= 0.6 is 0 Å². The van der Waals surface area contributed by atoms with Crippen LogP contribution in [0.1, 0.15) is 11.3 Å². The third-order valence-corrected chi connectivity index (χ3v) is 3.85. The number of carbonyl (C=O) groups is 1. The summed E-state index contributed by atoms with van der Waals surface area (Å²) in [4.78, 5) is 22.7. The van der Waals surface area contributed by atoms with E-state index in [0.717, 1.165) is 28.6 Å². The van der Waals surface area contributed by atoms with Gasteiger partial charge in [0.1, 0.15) is 18.0 Å². The lowest BCUT2D eigenvalue weighted by atomic mass is 10.2. The van der Waals surface area contributed by atoms with Crippen LogP contribution in [-0.4, -0.2) is 20.6 Å². The van der Waals surface area contributed by atoms with Crippen molar-refractivity contribution < 1.29 is 27.6 Å². The van der Waals surface area contributed by atoms with Gasteiger partial charge in [-0.2, -0.15) is 18.3 Å². The molecule has 0 saturated carbocycles. The van der Waals surface area contributed by atoms with Crippen molar-refractivity contribution in [3.8, 4) is 11.5 Å². The average molecular weight is 420 g/mol. The van der Waals surface area contributed by atoms with Crippen molar-refractivity contribution in [1.29, 1.82) is 0 Å². The molecule has 0 atom stereocenters. The number of nitro benzene ring substituents is 1. The number of aromatic nitrogens is 2. The number of nitrogens with zero attached hydrogens (tertiary/aromatic N) is 3. The highest BCUT2D eigenvalue weighted by Crippen LogP contribution is 2.30. The Morgan fingerprint density at radius 2 is 1.97 bits per heavy atom. The lowest BCUT2D eigenvalue weighted by Crippen LogP contribution is -2.19. The number of hydrogen-bond acceptors (Lipinski definition) is 5. The number of hydrogen-bond donors (Lipinski definition) is 1. The molecule has 156 valence electrons. The van der Waals surface area contributed by atoms with Crippen molar-refractivity contribution >= 4 is 17.3 Å². The molecule has 1 aromatic heterocycles. The summed E-state index contributed by atoms with van der Waals surface area (Å²) in [7, 11) is 0. The summed E-state index contributed by atoms with van der Waals surface area (Å²) in [5.41, 5.74) is -0.475. The molecule has 1 amide bonds. The van der Waals surface area contributed by atoms with E-state index in [1.54, 1.807) is 18.2 Å². The molecule has 0 unspecified atom stereocenters. The zero-order chi connectivity index (χ0) is 21.9. The number of benzene rings is 2. The lowest BCUT2D eigenvalue weighted by molar-refractivity contribution is -0.384. The molecule has 2 aromatic carbocycles. The molecule has 30 heavy (non-hydrogen) atoms. The third kappa shape index (κ3) is 5.34. The summed E-state index contributed by atoms with van der Waals surface area (Å²) in [5.74, 6) is -0.152. The SMILES string of the molecule is Cc1cccc(Oc2cc(NC(=O)Cn3ccc(C(F)(F)F)n3)cc([N+](=O)[O-])c2)c1. The molecule has 0 fully saturated rings. The van der Waals surface area contributed by atoms with Crippen LogP contribution in [0.5, 0.6) is 11.5 Å². The molecule has 0 bridgehead atoms. The quantitative estimate of drug-likeness (QED) is 0.466. The van der Waals surface area contributed by atoms with Crippen LogP contribution in [0.3, 0.4) is 0 Å².